The fraction of sp³-hybridized carbons (Fsp3) is 0.707. The first kappa shape index (κ1) is 64.4. The van der Waals surface area contributed by atoms with Gasteiger partial charge in [0.2, 0.25) is 5.91 Å². The number of amides is 1. The number of rotatable bonds is 48. The molecule has 0 heterocycles. The molecule has 0 rings (SSSR count). The molecule has 0 aliphatic heterocycles. The number of aliphatic hydroxyl groups is 1. The summed E-state index contributed by atoms with van der Waals surface area (Å²) in [6, 6.07) is -0.914. The fourth-order valence-electron chi connectivity index (χ4n) is 7.27. The lowest BCUT2D eigenvalue weighted by Gasteiger charge is -2.29. The molecule has 9 heteroatoms. The summed E-state index contributed by atoms with van der Waals surface area (Å²) in [5, 5.41) is 13.8. The number of quaternary nitrogens is 1. The summed E-state index contributed by atoms with van der Waals surface area (Å²) < 4.78 is 23.2. The van der Waals surface area contributed by atoms with Gasteiger partial charge in [0.1, 0.15) is 13.2 Å². The third kappa shape index (κ3) is 51.1. The van der Waals surface area contributed by atoms with Crippen LogP contribution in [-0.2, 0) is 18.4 Å². The van der Waals surface area contributed by atoms with Crippen molar-refractivity contribution >= 4 is 13.7 Å². The highest BCUT2D eigenvalue weighted by Gasteiger charge is 2.23. The van der Waals surface area contributed by atoms with Crippen LogP contribution in [0.2, 0.25) is 0 Å². The molecule has 67 heavy (non-hydrogen) atoms. The van der Waals surface area contributed by atoms with Gasteiger partial charge in [-0.05, 0) is 89.9 Å². The van der Waals surface area contributed by atoms with Gasteiger partial charge >= 0.3 is 0 Å². The van der Waals surface area contributed by atoms with Gasteiger partial charge in [0.15, 0.2) is 0 Å². The number of unbranched alkanes of at least 4 members (excludes halogenated alkanes) is 21. The van der Waals surface area contributed by atoms with Crippen molar-refractivity contribution in [3.8, 4) is 0 Å². The molecule has 0 radical (unpaired) electrons. The standard InChI is InChI=1S/C58H103N2O6P/c1-6-8-10-12-14-16-18-20-22-23-24-25-26-27-28-29-30-31-32-33-34-35-36-37-38-40-42-44-46-48-50-52-58(62)59-56(55-66-67(63,64)65-54-53-60(3,4)5)57(61)51-49-47-45-43-41-39-21-19-17-15-13-11-9-7-2/h8,10,14,16-17,19-20,22,24-25,27-28,41,43,49,51,56-57,61H,6-7,9,11-13,15,18,21,23,26,29-40,42,44-48,50,52-55H2,1-5H3,(H-,59,62,63,64)/b10-8-,16-14-,19-17+,22-20-,25-24-,28-27-,43-41+,51-49+. The van der Waals surface area contributed by atoms with Crippen LogP contribution in [0.25, 0.3) is 0 Å². The van der Waals surface area contributed by atoms with Crippen molar-refractivity contribution in [3.63, 3.8) is 0 Å². The molecule has 0 bridgehead atoms. The molecular weight excluding hydrogens is 852 g/mol. The average molecular weight is 955 g/mol. The number of carbonyl (C=O) groups is 1. The van der Waals surface area contributed by atoms with E-state index in [0.29, 0.717) is 17.4 Å². The summed E-state index contributed by atoms with van der Waals surface area (Å²) in [6.45, 7) is 4.47. The number of hydrogen-bond acceptors (Lipinski definition) is 6. The van der Waals surface area contributed by atoms with Gasteiger partial charge in [0.05, 0.1) is 39.9 Å². The van der Waals surface area contributed by atoms with Gasteiger partial charge in [0.25, 0.3) is 7.82 Å². The Morgan fingerprint density at radius 2 is 0.925 bits per heavy atom. The van der Waals surface area contributed by atoms with Crippen LogP contribution in [0.1, 0.15) is 213 Å². The molecule has 0 spiro atoms. The molecule has 0 aromatic carbocycles. The molecule has 0 saturated carbocycles. The molecule has 2 N–H and O–H groups in total. The van der Waals surface area contributed by atoms with Gasteiger partial charge in [-0.15, -0.1) is 0 Å². The van der Waals surface area contributed by atoms with Crippen LogP contribution in [0.5, 0.6) is 0 Å². The minimum atomic E-state index is -4.61. The first-order valence-corrected chi connectivity index (χ1v) is 28.6. The molecule has 8 nitrogen and oxygen atoms in total. The molecule has 1 amide bonds. The molecule has 3 atom stereocenters. The highest BCUT2D eigenvalue weighted by molar-refractivity contribution is 7.45. The minimum absolute atomic E-state index is 0.0126. The van der Waals surface area contributed by atoms with Gasteiger partial charge in [-0.2, -0.15) is 0 Å². The van der Waals surface area contributed by atoms with E-state index in [1.165, 1.54) is 109 Å². The third-order valence-electron chi connectivity index (χ3n) is 11.5. The second kappa shape index (κ2) is 48.4. The van der Waals surface area contributed by atoms with Crippen LogP contribution in [0.15, 0.2) is 97.2 Å². The van der Waals surface area contributed by atoms with Crippen molar-refractivity contribution < 1.29 is 32.9 Å². The van der Waals surface area contributed by atoms with Crippen LogP contribution in [0, 0.1) is 0 Å². The van der Waals surface area contributed by atoms with Crippen molar-refractivity contribution in [3.05, 3.63) is 97.2 Å². The van der Waals surface area contributed by atoms with Gasteiger partial charge in [0, 0.05) is 6.42 Å². The Bertz CT molecular complexity index is 1410. The zero-order valence-corrected chi connectivity index (χ0v) is 44.7. The Balaban J connectivity index is 4.17. The summed E-state index contributed by atoms with van der Waals surface area (Å²) in [7, 11) is 1.22. The number of nitrogens with zero attached hydrogens (tertiary/aromatic N) is 1. The van der Waals surface area contributed by atoms with Crippen LogP contribution < -0.4 is 10.2 Å². The number of nitrogens with one attached hydrogen (secondary N) is 1. The summed E-state index contributed by atoms with van der Waals surface area (Å²) >= 11 is 0. The predicted molar refractivity (Wildman–Crippen MR) is 288 cm³/mol. The molecule has 0 fully saturated rings. The highest BCUT2D eigenvalue weighted by Crippen LogP contribution is 2.38. The topological polar surface area (TPSA) is 108 Å². The van der Waals surface area contributed by atoms with E-state index in [4.69, 9.17) is 9.05 Å². The number of allylic oxidation sites excluding steroid dienone is 15. The fourth-order valence-corrected chi connectivity index (χ4v) is 7.99. The van der Waals surface area contributed by atoms with E-state index < -0.39 is 26.6 Å². The summed E-state index contributed by atoms with van der Waals surface area (Å²) in [5.41, 5.74) is 0. The van der Waals surface area contributed by atoms with Crippen molar-refractivity contribution in [2.75, 3.05) is 40.9 Å². The van der Waals surface area contributed by atoms with E-state index in [1.54, 1.807) is 6.08 Å². The summed E-state index contributed by atoms with van der Waals surface area (Å²) in [4.78, 5) is 25.4. The maximum Gasteiger partial charge on any atom is 0.268 e. The molecule has 386 valence electrons. The highest BCUT2D eigenvalue weighted by atomic mass is 31.2. The Morgan fingerprint density at radius 1 is 0.537 bits per heavy atom. The molecular formula is C58H103N2O6P. The normalized spacial score (nSPS) is 14.8. The quantitative estimate of drug-likeness (QED) is 0.0272. The number of phosphoric ester groups is 1. The van der Waals surface area contributed by atoms with Crippen molar-refractivity contribution in [1.82, 2.24) is 5.32 Å². The number of likely N-dealkylation sites (N-methyl/N-ethyl adjacent to an activating group) is 1. The molecule has 0 aromatic rings. The van der Waals surface area contributed by atoms with Crippen molar-refractivity contribution in [2.24, 2.45) is 0 Å². The third-order valence-corrected chi connectivity index (χ3v) is 12.5. The second-order valence-corrected chi connectivity index (χ2v) is 20.6. The second-order valence-electron chi connectivity index (χ2n) is 19.2. The Hall–Kier alpha value is -2.58. The predicted octanol–water partition coefficient (Wildman–Crippen LogP) is 15.6. The van der Waals surface area contributed by atoms with E-state index in [0.717, 1.165) is 83.5 Å². The van der Waals surface area contributed by atoms with Crippen LogP contribution >= 0.6 is 7.82 Å². The molecule has 0 saturated heterocycles. The van der Waals surface area contributed by atoms with Gasteiger partial charge in [-0.3, -0.25) is 9.36 Å². The Morgan fingerprint density at radius 3 is 1.39 bits per heavy atom. The van der Waals surface area contributed by atoms with Gasteiger partial charge < -0.3 is 28.8 Å². The zero-order valence-electron chi connectivity index (χ0n) is 43.8. The Labute approximate surface area is 413 Å². The first-order valence-electron chi connectivity index (χ1n) is 27.1. The molecule has 0 aliphatic rings. The van der Waals surface area contributed by atoms with Crippen LogP contribution in [-0.4, -0.2) is 68.5 Å². The Kier molecular flexibility index (Phi) is 46.6. The van der Waals surface area contributed by atoms with E-state index in [-0.39, 0.29) is 12.5 Å². The number of hydrogen-bond donors (Lipinski definition) is 2. The largest absolute Gasteiger partial charge is 0.756 e. The average Bonchev–Trinajstić information content (AvgIpc) is 3.29. The summed E-state index contributed by atoms with van der Waals surface area (Å²) in [5.74, 6) is -0.216. The maximum atomic E-state index is 12.9. The SMILES string of the molecule is CC/C=C\C/C=C\C/C=C\C/C=C\C/C=C\CCCCCCCCCCCCCCCCCC(=O)NC(COP(=O)([O-])OCC[N+](C)(C)C)C(O)/C=C/CC/C=C/CC/C=C/CCCCCC. The lowest BCUT2D eigenvalue weighted by Crippen LogP contribution is -2.45. The molecule has 0 aliphatic carbocycles. The maximum absolute atomic E-state index is 12.9. The number of phosphoric acid groups is 1. The zero-order chi connectivity index (χ0) is 49.2. The lowest BCUT2D eigenvalue weighted by atomic mass is 10.0. The van der Waals surface area contributed by atoms with E-state index >= 15 is 0 Å². The number of carbonyl (C=O) groups excluding carboxylic acids is 1. The lowest BCUT2D eigenvalue weighted by molar-refractivity contribution is -0.870. The van der Waals surface area contributed by atoms with Crippen LogP contribution in [0.3, 0.4) is 0 Å². The molecule has 3 unspecified atom stereocenters. The van der Waals surface area contributed by atoms with E-state index in [9.17, 15) is 19.4 Å². The molecule has 0 aromatic heterocycles. The number of aliphatic hydroxyl groups excluding tert-OH is 1. The summed E-state index contributed by atoms with van der Waals surface area (Å²) in [6.07, 6.45) is 69.1. The smallest absolute Gasteiger partial charge is 0.268 e. The van der Waals surface area contributed by atoms with Crippen molar-refractivity contribution in [2.45, 2.75) is 225 Å². The van der Waals surface area contributed by atoms with Crippen molar-refractivity contribution in [1.29, 1.82) is 0 Å². The first-order chi connectivity index (χ1) is 32.5. The van der Waals surface area contributed by atoms with Crippen LogP contribution in [0.4, 0.5) is 0 Å². The van der Waals surface area contributed by atoms with Gasteiger partial charge in [-0.25, -0.2) is 0 Å². The van der Waals surface area contributed by atoms with E-state index in [1.807, 2.05) is 27.2 Å². The monoisotopic (exact) mass is 955 g/mol. The van der Waals surface area contributed by atoms with E-state index in [2.05, 4.69) is 104 Å². The van der Waals surface area contributed by atoms with Gasteiger partial charge in [-0.1, -0.05) is 214 Å². The minimum Gasteiger partial charge on any atom is -0.756 e.